The quantitative estimate of drug-likeness (QED) is 0.535. The van der Waals surface area contributed by atoms with Crippen molar-refractivity contribution >= 4 is 16.0 Å². The van der Waals surface area contributed by atoms with Gasteiger partial charge in [0.05, 0.1) is 17.1 Å². The van der Waals surface area contributed by atoms with Crippen LogP contribution in [-0.4, -0.2) is 38.4 Å². The van der Waals surface area contributed by atoms with Gasteiger partial charge in [-0.05, 0) is 31.0 Å². The molecule has 0 fully saturated rings. The normalized spacial score (nSPS) is 12.7. The van der Waals surface area contributed by atoms with Crippen LogP contribution in [0.4, 0.5) is 17.6 Å². The number of carbonyl (C=O) groups is 1. The number of carbonyl (C=O) groups excluding carboxylic acids is 1. The number of ether oxygens (including phenoxy) is 1. The highest BCUT2D eigenvalue weighted by Gasteiger charge is 2.36. The first-order valence-electron chi connectivity index (χ1n) is 7.42. The van der Waals surface area contributed by atoms with E-state index in [1.807, 2.05) is 0 Å². The molecule has 10 heteroatoms. The van der Waals surface area contributed by atoms with Crippen LogP contribution in [0, 0.1) is 11.7 Å². The van der Waals surface area contributed by atoms with Gasteiger partial charge in [-0.1, -0.05) is 13.8 Å². The van der Waals surface area contributed by atoms with Crippen LogP contribution in [0.5, 0.6) is 0 Å². The molecule has 0 aliphatic carbocycles. The van der Waals surface area contributed by atoms with E-state index in [0.29, 0.717) is 6.07 Å². The molecule has 0 atom stereocenters. The van der Waals surface area contributed by atoms with E-state index in [1.165, 1.54) is 6.92 Å². The van der Waals surface area contributed by atoms with Gasteiger partial charge in [0.25, 0.3) is 0 Å². The summed E-state index contributed by atoms with van der Waals surface area (Å²) >= 11 is 0. The predicted molar refractivity (Wildman–Crippen MR) is 81.6 cm³/mol. The van der Waals surface area contributed by atoms with Crippen molar-refractivity contribution in [2.75, 3.05) is 19.7 Å². The Balaban J connectivity index is 3.31. The van der Waals surface area contributed by atoms with Gasteiger partial charge < -0.3 is 4.74 Å². The number of halogens is 4. The number of sulfonamides is 1. The van der Waals surface area contributed by atoms with Gasteiger partial charge in [0.15, 0.2) is 0 Å². The van der Waals surface area contributed by atoms with Crippen molar-refractivity contribution < 1.29 is 35.5 Å². The maximum absolute atomic E-state index is 13.4. The zero-order valence-corrected chi connectivity index (χ0v) is 14.7. The smallest absolute Gasteiger partial charge is 0.419 e. The van der Waals surface area contributed by atoms with Crippen LogP contribution < -0.4 is 0 Å². The predicted octanol–water partition coefficient (Wildman–Crippen LogP) is 3.05. The first kappa shape index (κ1) is 21.4. The monoisotopic (exact) mass is 385 g/mol. The van der Waals surface area contributed by atoms with Gasteiger partial charge in [-0.2, -0.15) is 17.5 Å². The molecule has 0 amide bonds. The maximum atomic E-state index is 13.4. The molecule has 1 rings (SSSR count). The van der Waals surface area contributed by atoms with E-state index >= 15 is 0 Å². The molecule has 0 aromatic heterocycles. The van der Waals surface area contributed by atoms with Gasteiger partial charge in [-0.3, -0.25) is 4.79 Å². The van der Waals surface area contributed by atoms with E-state index in [0.717, 1.165) is 10.4 Å². The molecule has 0 radical (unpaired) electrons. The molecular formula is C15H19F4NO4S. The third-order valence-corrected chi connectivity index (χ3v) is 4.87. The standard InChI is InChI=1S/C15H19F4NO4S/c1-4-24-14(21)9-20(8-10(2)3)25(22,23)11-5-6-13(16)12(7-11)15(17,18)19/h5-7,10H,4,8-9H2,1-3H3. The Kier molecular flexibility index (Phi) is 6.95. The van der Waals surface area contributed by atoms with Crippen LogP contribution in [0.15, 0.2) is 23.1 Å². The molecule has 0 saturated heterocycles. The lowest BCUT2D eigenvalue weighted by Gasteiger charge is -2.23. The zero-order chi connectivity index (χ0) is 19.4. The highest BCUT2D eigenvalue weighted by atomic mass is 32.2. The third kappa shape index (κ3) is 5.67. The van der Waals surface area contributed by atoms with Crippen molar-refractivity contribution in [1.82, 2.24) is 4.31 Å². The molecular weight excluding hydrogens is 366 g/mol. The van der Waals surface area contributed by atoms with Crippen LogP contribution in [-0.2, 0) is 25.7 Å². The highest BCUT2D eigenvalue weighted by Crippen LogP contribution is 2.33. The highest BCUT2D eigenvalue weighted by molar-refractivity contribution is 7.89. The lowest BCUT2D eigenvalue weighted by atomic mass is 10.2. The third-order valence-electron chi connectivity index (χ3n) is 3.06. The summed E-state index contributed by atoms with van der Waals surface area (Å²) in [5, 5.41) is 0. The van der Waals surface area contributed by atoms with Crippen LogP contribution >= 0.6 is 0 Å². The molecule has 0 saturated carbocycles. The van der Waals surface area contributed by atoms with Crippen molar-refractivity contribution in [3.63, 3.8) is 0 Å². The first-order valence-corrected chi connectivity index (χ1v) is 8.86. The molecule has 5 nitrogen and oxygen atoms in total. The van der Waals surface area contributed by atoms with Crippen LogP contribution in [0.1, 0.15) is 26.3 Å². The van der Waals surface area contributed by atoms with E-state index in [2.05, 4.69) is 0 Å². The largest absolute Gasteiger partial charge is 0.465 e. The molecule has 0 unspecified atom stereocenters. The molecule has 0 heterocycles. The second kappa shape index (κ2) is 8.13. The van der Waals surface area contributed by atoms with Crippen molar-refractivity contribution in [1.29, 1.82) is 0 Å². The Labute approximate surface area is 143 Å². The van der Waals surface area contributed by atoms with Crippen molar-refractivity contribution in [2.24, 2.45) is 5.92 Å². The number of hydrogen-bond donors (Lipinski definition) is 0. The van der Waals surface area contributed by atoms with E-state index < -0.39 is 45.0 Å². The number of esters is 1. The minimum Gasteiger partial charge on any atom is -0.465 e. The minimum atomic E-state index is -5.04. The molecule has 1 aromatic rings. The molecule has 1 aromatic carbocycles. The number of hydrogen-bond acceptors (Lipinski definition) is 4. The zero-order valence-electron chi connectivity index (χ0n) is 13.9. The summed E-state index contributed by atoms with van der Waals surface area (Å²) < 4.78 is 82.5. The maximum Gasteiger partial charge on any atom is 0.419 e. The SMILES string of the molecule is CCOC(=O)CN(CC(C)C)S(=O)(=O)c1ccc(F)c(C(F)(F)F)c1. The van der Waals surface area contributed by atoms with E-state index in [9.17, 15) is 30.8 Å². The Morgan fingerprint density at radius 3 is 2.36 bits per heavy atom. The lowest BCUT2D eigenvalue weighted by Crippen LogP contribution is -2.39. The lowest BCUT2D eigenvalue weighted by molar-refractivity contribution is -0.143. The van der Waals surface area contributed by atoms with E-state index in [-0.39, 0.29) is 25.1 Å². The summed E-state index contributed by atoms with van der Waals surface area (Å²) in [6.07, 6.45) is -5.04. The summed E-state index contributed by atoms with van der Waals surface area (Å²) in [5.41, 5.74) is -1.69. The molecule has 25 heavy (non-hydrogen) atoms. The van der Waals surface area contributed by atoms with Gasteiger partial charge in [-0.25, -0.2) is 12.8 Å². The van der Waals surface area contributed by atoms with Crippen molar-refractivity contribution in [2.45, 2.75) is 31.8 Å². The van der Waals surface area contributed by atoms with E-state index in [4.69, 9.17) is 4.74 Å². The fraction of sp³-hybridized carbons (Fsp3) is 0.533. The van der Waals surface area contributed by atoms with Crippen molar-refractivity contribution in [3.05, 3.63) is 29.6 Å². The number of benzene rings is 1. The van der Waals surface area contributed by atoms with Crippen LogP contribution in [0.3, 0.4) is 0 Å². The number of nitrogens with zero attached hydrogens (tertiary/aromatic N) is 1. The van der Waals surface area contributed by atoms with E-state index in [1.54, 1.807) is 13.8 Å². The van der Waals surface area contributed by atoms with Gasteiger partial charge in [0.1, 0.15) is 12.4 Å². The van der Waals surface area contributed by atoms with Gasteiger partial charge >= 0.3 is 12.1 Å². The topological polar surface area (TPSA) is 63.7 Å². The Bertz CT molecular complexity index is 717. The summed E-state index contributed by atoms with van der Waals surface area (Å²) in [6.45, 7) is 4.17. The number of rotatable bonds is 7. The fourth-order valence-electron chi connectivity index (χ4n) is 2.04. The molecule has 0 aliphatic heterocycles. The van der Waals surface area contributed by atoms with Crippen LogP contribution in [0.2, 0.25) is 0 Å². The number of alkyl halides is 3. The summed E-state index contributed by atoms with van der Waals surface area (Å²) in [5.74, 6) is -2.61. The van der Waals surface area contributed by atoms with Gasteiger partial charge in [0, 0.05) is 6.54 Å². The van der Waals surface area contributed by atoms with Crippen molar-refractivity contribution in [3.8, 4) is 0 Å². The molecule has 0 spiro atoms. The fourth-order valence-corrected chi connectivity index (χ4v) is 3.61. The van der Waals surface area contributed by atoms with Gasteiger partial charge in [0.2, 0.25) is 10.0 Å². The Morgan fingerprint density at radius 2 is 1.88 bits per heavy atom. The Morgan fingerprint density at radius 1 is 1.28 bits per heavy atom. The average molecular weight is 385 g/mol. The Hall–Kier alpha value is -1.68. The second-order valence-electron chi connectivity index (χ2n) is 5.64. The summed E-state index contributed by atoms with van der Waals surface area (Å²) in [6, 6.07) is 1.40. The molecule has 0 aliphatic rings. The summed E-state index contributed by atoms with van der Waals surface area (Å²) in [4.78, 5) is 10.9. The molecule has 0 N–H and O–H groups in total. The molecule has 142 valence electrons. The van der Waals surface area contributed by atoms with Gasteiger partial charge in [-0.15, -0.1) is 0 Å². The summed E-state index contributed by atoms with van der Waals surface area (Å²) in [7, 11) is -4.44. The average Bonchev–Trinajstić information content (AvgIpc) is 2.45. The second-order valence-corrected chi connectivity index (χ2v) is 7.57. The van der Waals surface area contributed by atoms with Crippen LogP contribution in [0.25, 0.3) is 0 Å². The molecule has 0 bridgehead atoms. The first-order chi connectivity index (χ1) is 11.4. The minimum absolute atomic E-state index is 0.0309.